The second-order valence-corrected chi connectivity index (χ2v) is 3.86. The van der Waals surface area contributed by atoms with Crippen molar-refractivity contribution in [1.82, 2.24) is 0 Å². The molecule has 1 atom stereocenters. The minimum absolute atomic E-state index is 0.631. The van der Waals surface area contributed by atoms with Gasteiger partial charge >= 0.3 is 0 Å². The van der Waals surface area contributed by atoms with Gasteiger partial charge in [0, 0.05) is 0 Å². The molecular weight excluding hydrogens is 156 g/mol. The Bertz CT molecular complexity index is 111. The van der Waals surface area contributed by atoms with Gasteiger partial charge in [-0.25, -0.2) is 0 Å². The van der Waals surface area contributed by atoms with Gasteiger partial charge in [0.1, 0.15) is 0 Å². The Hall–Kier alpha value is -0.260. The van der Waals surface area contributed by atoms with Crippen molar-refractivity contribution >= 4 is 0 Å². The third-order valence-corrected chi connectivity index (χ3v) is 2.15. The molecule has 0 N–H and O–H groups in total. The Morgan fingerprint density at radius 1 is 1.08 bits per heavy atom. The Kier molecular flexibility index (Phi) is 9.63. The summed E-state index contributed by atoms with van der Waals surface area (Å²) in [6.45, 7) is 9.93. The molecule has 0 fully saturated rings. The van der Waals surface area contributed by atoms with Crippen molar-refractivity contribution < 1.29 is 0 Å². The Morgan fingerprint density at radius 2 is 1.77 bits per heavy atom. The lowest BCUT2D eigenvalue weighted by atomic mass is 10.0. The molecule has 0 aliphatic rings. The molecule has 0 aromatic rings. The van der Waals surface area contributed by atoms with E-state index < -0.39 is 0 Å². The van der Waals surface area contributed by atoms with E-state index in [4.69, 9.17) is 0 Å². The third kappa shape index (κ3) is 11.7. The molecule has 0 heterocycles. The van der Waals surface area contributed by atoms with Crippen LogP contribution in [0.3, 0.4) is 0 Å². The van der Waals surface area contributed by atoms with Crippen LogP contribution in [0.15, 0.2) is 12.2 Å². The summed E-state index contributed by atoms with van der Waals surface area (Å²) in [5.74, 6) is 0.631. The summed E-state index contributed by atoms with van der Waals surface area (Å²) < 4.78 is 0. The molecule has 0 saturated carbocycles. The maximum atomic E-state index is 3.98. The average molecular weight is 180 g/mol. The zero-order chi connectivity index (χ0) is 9.94. The number of hydrogen-bond acceptors (Lipinski definition) is 0. The zero-order valence-electron chi connectivity index (χ0n) is 9.10. The minimum atomic E-state index is 0.631. The molecule has 0 nitrogen and oxygen atoms in total. The fraction of sp³-hybridized carbons (Fsp3) is 0.692. The molecule has 13 heavy (non-hydrogen) atoms. The maximum absolute atomic E-state index is 3.98. The highest BCUT2D eigenvalue weighted by Gasteiger charge is 1.93. The van der Waals surface area contributed by atoms with Gasteiger partial charge in [-0.15, -0.1) is 0 Å². The van der Waals surface area contributed by atoms with Crippen LogP contribution < -0.4 is 0 Å². The normalized spacial score (nSPS) is 11.7. The van der Waals surface area contributed by atoms with E-state index in [0.29, 0.717) is 5.92 Å². The Labute approximate surface area is 84.4 Å². The van der Waals surface area contributed by atoms with E-state index in [0.717, 1.165) is 6.42 Å². The van der Waals surface area contributed by atoms with Crippen LogP contribution in [0.4, 0.5) is 0 Å². The molecule has 1 unspecified atom stereocenters. The molecule has 0 spiro atoms. The van der Waals surface area contributed by atoms with Gasteiger partial charge in [0.05, 0.1) is 0 Å². The minimum Gasteiger partial charge on any atom is -0.0885 e. The van der Waals surface area contributed by atoms with Crippen LogP contribution in [0.2, 0.25) is 0 Å². The summed E-state index contributed by atoms with van der Waals surface area (Å²) in [4.78, 5) is 0. The molecular formula is C13H24. The van der Waals surface area contributed by atoms with E-state index in [2.05, 4.69) is 32.9 Å². The first kappa shape index (κ1) is 12.7. The summed E-state index contributed by atoms with van der Waals surface area (Å²) in [5, 5.41) is 0. The third-order valence-electron chi connectivity index (χ3n) is 2.15. The van der Waals surface area contributed by atoms with Crippen molar-refractivity contribution in [3.05, 3.63) is 26.0 Å². The summed E-state index contributed by atoms with van der Waals surface area (Å²) >= 11 is 0. The molecule has 0 bridgehead atoms. The van der Waals surface area contributed by atoms with E-state index in [1.807, 2.05) is 0 Å². The van der Waals surface area contributed by atoms with Crippen molar-refractivity contribution in [1.29, 1.82) is 0 Å². The monoisotopic (exact) mass is 180 g/mol. The van der Waals surface area contributed by atoms with E-state index >= 15 is 0 Å². The molecule has 0 rings (SSSR count). The van der Waals surface area contributed by atoms with E-state index in [9.17, 15) is 0 Å². The van der Waals surface area contributed by atoms with Crippen LogP contribution in [0, 0.1) is 19.8 Å². The van der Waals surface area contributed by atoms with Crippen molar-refractivity contribution in [2.24, 2.45) is 5.92 Å². The van der Waals surface area contributed by atoms with Gasteiger partial charge in [0.25, 0.3) is 0 Å². The van der Waals surface area contributed by atoms with Crippen LogP contribution in [0.1, 0.15) is 51.9 Å². The first-order chi connectivity index (χ1) is 6.27. The van der Waals surface area contributed by atoms with Crippen molar-refractivity contribution in [2.75, 3.05) is 0 Å². The highest BCUT2D eigenvalue weighted by Crippen LogP contribution is 2.10. The van der Waals surface area contributed by atoms with Crippen molar-refractivity contribution in [3.8, 4) is 0 Å². The van der Waals surface area contributed by atoms with Crippen molar-refractivity contribution in [3.63, 3.8) is 0 Å². The predicted octanol–water partition coefficient (Wildman–Crippen LogP) is 4.58. The highest BCUT2D eigenvalue weighted by atomic mass is 14.0. The number of allylic oxidation sites excluding steroid dienone is 2. The van der Waals surface area contributed by atoms with Gasteiger partial charge in [-0.05, 0) is 32.1 Å². The molecule has 2 radical (unpaired) electrons. The average Bonchev–Trinajstić information content (AvgIpc) is 2.09. The smallest absolute Gasteiger partial charge is 0.0351 e. The second kappa shape index (κ2) is 9.83. The van der Waals surface area contributed by atoms with Gasteiger partial charge in [0.2, 0.25) is 0 Å². The van der Waals surface area contributed by atoms with Gasteiger partial charge < -0.3 is 0 Å². The van der Waals surface area contributed by atoms with Gasteiger partial charge in [0.15, 0.2) is 0 Å². The largest absolute Gasteiger partial charge is 0.0885 e. The second-order valence-electron chi connectivity index (χ2n) is 3.86. The first-order valence-corrected chi connectivity index (χ1v) is 5.54. The molecule has 0 aliphatic heterocycles. The lowest BCUT2D eigenvalue weighted by molar-refractivity contribution is 0.553. The van der Waals surface area contributed by atoms with Crippen LogP contribution >= 0.6 is 0 Å². The quantitative estimate of drug-likeness (QED) is 0.379. The Balaban J connectivity index is 2.95. The van der Waals surface area contributed by atoms with Crippen LogP contribution in [0.5, 0.6) is 0 Å². The summed E-state index contributed by atoms with van der Waals surface area (Å²) in [7, 11) is 0. The molecule has 0 aliphatic carbocycles. The lowest BCUT2D eigenvalue weighted by Gasteiger charge is -2.02. The fourth-order valence-corrected chi connectivity index (χ4v) is 1.34. The summed E-state index contributed by atoms with van der Waals surface area (Å²) in [5.41, 5.74) is 0. The molecule has 0 aromatic heterocycles. The predicted molar refractivity (Wildman–Crippen MR) is 61.3 cm³/mol. The molecule has 0 saturated heterocycles. The standard InChI is InChI=1S/C13H24/c1-4-5-6-7-8-9-10-11-12-13(2)3/h5-6,13H,1-2,4,7-12H2,3H3. The summed E-state index contributed by atoms with van der Waals surface area (Å²) in [6.07, 6.45) is 13.3. The van der Waals surface area contributed by atoms with E-state index in [-0.39, 0.29) is 0 Å². The van der Waals surface area contributed by atoms with Crippen molar-refractivity contribution in [2.45, 2.75) is 51.9 Å². The fourth-order valence-electron chi connectivity index (χ4n) is 1.34. The van der Waals surface area contributed by atoms with E-state index in [1.165, 1.54) is 38.5 Å². The topological polar surface area (TPSA) is 0 Å². The first-order valence-electron chi connectivity index (χ1n) is 5.54. The maximum Gasteiger partial charge on any atom is -0.0351 e. The van der Waals surface area contributed by atoms with E-state index in [1.54, 1.807) is 0 Å². The highest BCUT2D eigenvalue weighted by molar-refractivity contribution is 4.81. The molecule has 0 heteroatoms. The molecule has 0 aromatic carbocycles. The number of unbranched alkanes of at least 4 members (excludes halogenated alkanes) is 4. The molecule has 76 valence electrons. The SMILES string of the molecule is [CH2]CC=CCCCCCCC([CH2])C. The number of rotatable bonds is 8. The summed E-state index contributed by atoms with van der Waals surface area (Å²) in [6, 6.07) is 0. The van der Waals surface area contributed by atoms with Crippen LogP contribution in [-0.4, -0.2) is 0 Å². The van der Waals surface area contributed by atoms with Gasteiger partial charge in [-0.3, -0.25) is 0 Å². The lowest BCUT2D eigenvalue weighted by Crippen LogP contribution is -1.87. The van der Waals surface area contributed by atoms with Crippen LogP contribution in [0.25, 0.3) is 0 Å². The Morgan fingerprint density at radius 3 is 2.38 bits per heavy atom. The van der Waals surface area contributed by atoms with Gasteiger partial charge in [-0.1, -0.05) is 51.7 Å². The zero-order valence-corrected chi connectivity index (χ0v) is 9.10. The van der Waals surface area contributed by atoms with Crippen LogP contribution in [-0.2, 0) is 0 Å². The number of hydrogen-bond donors (Lipinski definition) is 0. The van der Waals surface area contributed by atoms with Gasteiger partial charge in [-0.2, -0.15) is 0 Å². The molecule has 0 amide bonds.